The largest absolute Gasteiger partial charge is 0.495 e. The lowest BCUT2D eigenvalue weighted by Crippen LogP contribution is -2.28. The van der Waals surface area contributed by atoms with E-state index in [4.69, 9.17) is 14.9 Å². The van der Waals surface area contributed by atoms with Gasteiger partial charge in [0.25, 0.3) is 0 Å². The molecule has 0 saturated carbocycles. The van der Waals surface area contributed by atoms with Crippen molar-refractivity contribution in [3.05, 3.63) is 58.3 Å². The third-order valence-corrected chi connectivity index (χ3v) is 6.52. The highest BCUT2D eigenvalue weighted by Gasteiger charge is 2.17. The number of anilines is 1. The Morgan fingerprint density at radius 3 is 2.29 bits per heavy atom. The fraction of sp³-hybridized carbons (Fsp3) is 0.320. The highest BCUT2D eigenvalue weighted by molar-refractivity contribution is 7.24. The number of carboxylic acids is 2. The fourth-order valence-electron chi connectivity index (χ4n) is 3.46. The molecule has 34 heavy (non-hydrogen) atoms. The first-order chi connectivity index (χ1) is 16.2. The van der Waals surface area contributed by atoms with Gasteiger partial charge in [-0.1, -0.05) is 26.0 Å². The molecule has 0 amide bonds. The van der Waals surface area contributed by atoms with Gasteiger partial charge in [0, 0.05) is 40.0 Å². The van der Waals surface area contributed by atoms with E-state index in [1.165, 1.54) is 0 Å². The number of benzene rings is 2. The number of nitrogens with zero attached hydrogens (tertiary/aromatic N) is 1. The van der Waals surface area contributed by atoms with E-state index in [9.17, 15) is 14.4 Å². The second-order valence-electron chi connectivity index (χ2n) is 7.37. The fourth-order valence-corrected chi connectivity index (χ4v) is 4.62. The minimum atomic E-state index is -1.26. The number of nitrogens with one attached hydrogen (secondary N) is 1. The van der Waals surface area contributed by atoms with E-state index >= 15 is 0 Å². The van der Waals surface area contributed by atoms with E-state index in [-0.39, 0.29) is 5.43 Å². The third-order valence-electron chi connectivity index (χ3n) is 5.21. The molecule has 1 heterocycles. The third kappa shape index (κ3) is 6.79. The maximum absolute atomic E-state index is 13.2. The Bertz CT molecular complexity index is 1230. The Hall–Kier alpha value is -3.43. The lowest BCUT2D eigenvalue weighted by atomic mass is 10.1. The normalized spacial score (nSPS) is 11.0. The maximum Gasteiger partial charge on any atom is 0.328 e. The first-order valence-electron chi connectivity index (χ1n) is 10.9. The van der Waals surface area contributed by atoms with Gasteiger partial charge in [0.05, 0.1) is 18.2 Å². The van der Waals surface area contributed by atoms with Crippen LogP contribution in [-0.2, 0) is 9.59 Å². The summed E-state index contributed by atoms with van der Waals surface area (Å²) >= 11 is 1.67. The lowest BCUT2D eigenvalue weighted by Gasteiger charge is -2.20. The van der Waals surface area contributed by atoms with Crippen LogP contribution >= 0.6 is 11.3 Å². The van der Waals surface area contributed by atoms with Gasteiger partial charge in [0.2, 0.25) is 0 Å². The highest BCUT2D eigenvalue weighted by atomic mass is 32.1. The molecule has 8 nitrogen and oxygen atoms in total. The molecule has 9 heteroatoms. The number of aliphatic carboxylic acids is 2. The van der Waals surface area contributed by atoms with Crippen molar-refractivity contribution in [3.63, 3.8) is 0 Å². The molecule has 0 bridgehead atoms. The van der Waals surface area contributed by atoms with Gasteiger partial charge in [0.1, 0.15) is 5.75 Å². The Kier molecular flexibility index (Phi) is 10.0. The first-order valence-corrected chi connectivity index (χ1v) is 11.7. The zero-order valence-electron chi connectivity index (χ0n) is 19.8. The van der Waals surface area contributed by atoms with Crippen LogP contribution in [0.2, 0.25) is 0 Å². The Morgan fingerprint density at radius 2 is 1.74 bits per heavy atom. The molecule has 0 saturated heterocycles. The van der Waals surface area contributed by atoms with Crippen LogP contribution in [0, 0.1) is 6.92 Å². The summed E-state index contributed by atoms with van der Waals surface area (Å²) in [6.45, 7) is 10.1. The van der Waals surface area contributed by atoms with Crippen LogP contribution in [0.5, 0.6) is 5.75 Å². The molecule has 182 valence electrons. The first kappa shape index (κ1) is 26.8. The SMILES string of the molecule is CCN(CC)CCNc1c(OC)cc(C)c2sc3ccccc3c(=O)c12.O=C(O)/C=C/C(=O)O. The molecule has 1 aromatic heterocycles. The summed E-state index contributed by atoms with van der Waals surface area (Å²) in [4.78, 5) is 34.7. The number of methoxy groups -OCH3 is 1. The monoisotopic (exact) mass is 486 g/mol. The van der Waals surface area contributed by atoms with Crippen molar-refractivity contribution in [2.45, 2.75) is 20.8 Å². The molecule has 3 rings (SSSR count). The van der Waals surface area contributed by atoms with E-state index in [0.29, 0.717) is 12.2 Å². The van der Waals surface area contributed by atoms with Crippen molar-refractivity contribution < 1.29 is 24.5 Å². The predicted molar refractivity (Wildman–Crippen MR) is 138 cm³/mol. The minimum absolute atomic E-state index is 0.0710. The average Bonchev–Trinajstić information content (AvgIpc) is 2.82. The van der Waals surface area contributed by atoms with Crippen LogP contribution < -0.4 is 15.5 Å². The van der Waals surface area contributed by atoms with Crippen LogP contribution in [0.25, 0.3) is 20.2 Å². The zero-order chi connectivity index (χ0) is 25.3. The summed E-state index contributed by atoms with van der Waals surface area (Å²) in [6.07, 6.45) is 1.12. The molecular weight excluding hydrogens is 456 g/mol. The predicted octanol–water partition coefficient (Wildman–Crippen LogP) is 4.20. The van der Waals surface area contributed by atoms with Crippen LogP contribution in [0.1, 0.15) is 19.4 Å². The van der Waals surface area contributed by atoms with Crippen molar-refractivity contribution in [2.24, 2.45) is 0 Å². The summed E-state index contributed by atoms with van der Waals surface area (Å²) in [5.41, 5.74) is 1.95. The number of ether oxygens (including phenoxy) is 1. The number of carboxylic acid groups (broad SMARTS) is 2. The molecule has 3 N–H and O–H groups in total. The van der Waals surface area contributed by atoms with Crippen LogP contribution in [0.15, 0.2) is 47.3 Å². The van der Waals surface area contributed by atoms with Gasteiger partial charge in [-0.25, -0.2) is 9.59 Å². The van der Waals surface area contributed by atoms with Crippen LogP contribution in [-0.4, -0.2) is 60.3 Å². The van der Waals surface area contributed by atoms with Gasteiger partial charge in [-0.2, -0.15) is 0 Å². The topological polar surface area (TPSA) is 116 Å². The van der Waals surface area contributed by atoms with E-state index in [2.05, 4.69) is 24.1 Å². The van der Waals surface area contributed by atoms with Gasteiger partial charge in [-0.3, -0.25) is 4.79 Å². The number of rotatable bonds is 9. The number of carbonyl (C=O) groups is 2. The number of hydrogen-bond donors (Lipinski definition) is 3. The van der Waals surface area contributed by atoms with Crippen molar-refractivity contribution in [1.82, 2.24) is 4.90 Å². The van der Waals surface area contributed by atoms with Crippen molar-refractivity contribution in [3.8, 4) is 5.75 Å². The second kappa shape index (κ2) is 12.7. The molecule has 0 aliphatic rings. The molecule has 3 aromatic rings. The lowest BCUT2D eigenvalue weighted by molar-refractivity contribution is -0.134. The van der Waals surface area contributed by atoms with E-state index in [1.54, 1.807) is 18.4 Å². The quantitative estimate of drug-likeness (QED) is 0.304. The second-order valence-corrected chi connectivity index (χ2v) is 8.42. The molecule has 0 atom stereocenters. The Balaban J connectivity index is 0.000000440. The van der Waals surface area contributed by atoms with Crippen molar-refractivity contribution in [2.75, 3.05) is 38.6 Å². The van der Waals surface area contributed by atoms with E-state index in [0.717, 1.165) is 63.4 Å². The molecule has 0 spiro atoms. The van der Waals surface area contributed by atoms with Gasteiger partial charge in [-0.05, 0) is 43.8 Å². The summed E-state index contributed by atoms with van der Waals surface area (Å²) in [5, 5.41) is 20.6. The molecule has 2 aromatic carbocycles. The number of likely N-dealkylation sites (N-methyl/N-ethyl adjacent to an activating group) is 1. The average molecular weight is 487 g/mol. The van der Waals surface area contributed by atoms with Gasteiger partial charge in [0.15, 0.2) is 5.43 Å². The van der Waals surface area contributed by atoms with Crippen LogP contribution in [0.4, 0.5) is 5.69 Å². The molecule has 0 radical (unpaired) electrons. The molecule has 0 fully saturated rings. The number of hydrogen-bond acceptors (Lipinski definition) is 7. The van der Waals surface area contributed by atoms with Crippen molar-refractivity contribution in [1.29, 1.82) is 0 Å². The smallest absolute Gasteiger partial charge is 0.328 e. The summed E-state index contributed by atoms with van der Waals surface area (Å²) in [7, 11) is 1.66. The number of aryl methyl sites for hydroxylation is 1. The summed E-state index contributed by atoms with van der Waals surface area (Å²) < 4.78 is 7.65. The highest BCUT2D eigenvalue weighted by Crippen LogP contribution is 2.37. The zero-order valence-corrected chi connectivity index (χ0v) is 20.6. The molecule has 0 aliphatic carbocycles. The summed E-state index contributed by atoms with van der Waals surface area (Å²) in [5.74, 6) is -1.78. The molecular formula is C25H30N2O6S. The molecule has 0 aliphatic heterocycles. The number of fused-ring (bicyclic) bond motifs is 2. The van der Waals surface area contributed by atoms with E-state index in [1.807, 2.05) is 37.3 Å². The van der Waals surface area contributed by atoms with E-state index < -0.39 is 11.9 Å². The minimum Gasteiger partial charge on any atom is -0.495 e. The van der Waals surface area contributed by atoms with Gasteiger partial charge in [-0.15, -0.1) is 11.3 Å². The standard InChI is InChI=1S/C21H26N2O2S.C4H4O4/c1-5-23(6-2)12-11-22-19-16(25-4)13-14(3)21-18(19)20(24)15-9-7-8-10-17(15)26-21;5-3(6)1-2-4(7)8/h7-10,13,22H,5-6,11-12H2,1-4H3;1-2H,(H,5,6)(H,7,8)/b;2-1+. The maximum atomic E-state index is 13.2. The Morgan fingerprint density at radius 1 is 1.12 bits per heavy atom. The summed E-state index contributed by atoms with van der Waals surface area (Å²) in [6, 6.07) is 9.84. The Labute approximate surface area is 202 Å². The van der Waals surface area contributed by atoms with Crippen LogP contribution in [0.3, 0.4) is 0 Å². The van der Waals surface area contributed by atoms with Crippen molar-refractivity contribution >= 4 is 49.1 Å². The van der Waals surface area contributed by atoms with Gasteiger partial charge >= 0.3 is 11.9 Å². The van der Waals surface area contributed by atoms with Gasteiger partial charge < -0.3 is 25.2 Å². The molecule has 0 unspecified atom stereocenters.